The smallest absolute Gasteiger partial charge is 0.339 e. The highest BCUT2D eigenvalue weighted by atomic mass is 79.9. The molecule has 0 radical (unpaired) electrons. The molecule has 3 N–H and O–H groups in total. The molecule has 0 fully saturated rings. The normalized spacial score (nSPS) is 11.0. The number of rotatable bonds is 3. The lowest BCUT2D eigenvalue weighted by atomic mass is 10.2. The molecular weight excluding hydrogens is 344 g/mol. The third kappa shape index (κ3) is 3.35. The van der Waals surface area contributed by atoms with Crippen LogP contribution in [0.25, 0.3) is 10.9 Å². The second kappa shape index (κ2) is 6.44. The lowest BCUT2D eigenvalue weighted by Gasteiger charge is -2.03. The highest BCUT2D eigenvalue weighted by molar-refractivity contribution is 9.10. The number of hydrazone groups is 1. The summed E-state index contributed by atoms with van der Waals surface area (Å²) in [6.07, 6.45) is 3.46. The van der Waals surface area contributed by atoms with Crippen LogP contribution in [-0.4, -0.2) is 17.2 Å². The molecule has 0 spiro atoms. The van der Waals surface area contributed by atoms with Gasteiger partial charge in [-0.1, -0.05) is 34.1 Å². The zero-order valence-corrected chi connectivity index (χ0v) is 13.1. The first-order chi connectivity index (χ1) is 10.7. The molecule has 22 heavy (non-hydrogen) atoms. The van der Waals surface area contributed by atoms with Gasteiger partial charge < -0.3 is 10.3 Å². The SMILES string of the molecule is O=C(N/N=C/c1c[nH]c2ccccc12)Nc1ccc(Br)cc1. The molecule has 1 aromatic heterocycles. The van der Waals surface area contributed by atoms with Gasteiger partial charge in [-0.15, -0.1) is 0 Å². The number of hydrogen-bond acceptors (Lipinski definition) is 2. The van der Waals surface area contributed by atoms with Crippen LogP contribution in [0.15, 0.2) is 64.3 Å². The number of aromatic nitrogens is 1. The van der Waals surface area contributed by atoms with Gasteiger partial charge in [0.05, 0.1) is 6.21 Å². The molecule has 0 atom stereocenters. The first kappa shape index (κ1) is 14.3. The molecule has 3 rings (SSSR count). The van der Waals surface area contributed by atoms with E-state index in [2.05, 4.69) is 36.8 Å². The molecule has 2 aromatic carbocycles. The number of carbonyl (C=O) groups is 1. The van der Waals surface area contributed by atoms with Gasteiger partial charge in [-0.25, -0.2) is 10.2 Å². The second-order valence-corrected chi connectivity index (χ2v) is 5.54. The van der Waals surface area contributed by atoms with Gasteiger partial charge in [0, 0.05) is 32.8 Å². The maximum atomic E-state index is 11.7. The fraction of sp³-hybridized carbons (Fsp3) is 0. The van der Waals surface area contributed by atoms with E-state index in [4.69, 9.17) is 0 Å². The van der Waals surface area contributed by atoms with Gasteiger partial charge in [-0.05, 0) is 30.3 Å². The van der Waals surface area contributed by atoms with Gasteiger partial charge in [0.25, 0.3) is 0 Å². The van der Waals surface area contributed by atoms with Crippen LogP contribution in [0.2, 0.25) is 0 Å². The van der Waals surface area contributed by atoms with Crippen LogP contribution in [0.5, 0.6) is 0 Å². The molecular formula is C16H13BrN4O. The summed E-state index contributed by atoms with van der Waals surface area (Å²) in [6.45, 7) is 0. The van der Waals surface area contributed by atoms with Crippen molar-refractivity contribution in [1.82, 2.24) is 10.4 Å². The van der Waals surface area contributed by atoms with Crippen LogP contribution in [-0.2, 0) is 0 Å². The molecule has 0 aliphatic heterocycles. The van der Waals surface area contributed by atoms with Gasteiger partial charge in [0.15, 0.2) is 0 Å². The Morgan fingerprint density at radius 1 is 1.14 bits per heavy atom. The summed E-state index contributed by atoms with van der Waals surface area (Å²) in [5.74, 6) is 0. The van der Waals surface area contributed by atoms with Crippen molar-refractivity contribution in [3.63, 3.8) is 0 Å². The Hall–Kier alpha value is -2.60. The third-order valence-corrected chi connectivity index (χ3v) is 3.62. The average Bonchev–Trinajstić information content (AvgIpc) is 2.93. The minimum absolute atomic E-state index is 0.390. The topological polar surface area (TPSA) is 69.3 Å². The Kier molecular flexibility index (Phi) is 4.20. The van der Waals surface area contributed by atoms with E-state index < -0.39 is 6.03 Å². The molecule has 1 heterocycles. The molecule has 2 amide bonds. The number of H-pyrrole nitrogens is 1. The summed E-state index contributed by atoms with van der Waals surface area (Å²) in [5, 5.41) is 7.71. The molecule has 0 saturated carbocycles. The highest BCUT2D eigenvalue weighted by Gasteiger charge is 2.01. The van der Waals surface area contributed by atoms with Crippen molar-refractivity contribution in [3.8, 4) is 0 Å². The number of amides is 2. The maximum absolute atomic E-state index is 11.7. The third-order valence-electron chi connectivity index (χ3n) is 3.09. The van der Waals surface area contributed by atoms with Crippen LogP contribution in [0.1, 0.15) is 5.56 Å². The standard InChI is InChI=1S/C16H13BrN4O/c17-12-5-7-13(8-6-12)20-16(22)21-19-10-11-9-18-15-4-2-1-3-14(11)15/h1-10,18H,(H2,20,21,22)/b19-10+. The Bertz CT molecular complexity index is 824. The van der Waals surface area contributed by atoms with E-state index in [0.29, 0.717) is 5.69 Å². The van der Waals surface area contributed by atoms with Crippen molar-refractivity contribution in [2.24, 2.45) is 5.10 Å². The number of anilines is 1. The summed E-state index contributed by atoms with van der Waals surface area (Å²) < 4.78 is 0.954. The van der Waals surface area contributed by atoms with E-state index in [9.17, 15) is 4.79 Å². The predicted octanol–water partition coefficient (Wildman–Crippen LogP) is 4.09. The zero-order chi connectivity index (χ0) is 15.4. The van der Waals surface area contributed by atoms with Gasteiger partial charge in [0.2, 0.25) is 0 Å². The Labute approximate surface area is 135 Å². The van der Waals surface area contributed by atoms with Crippen molar-refractivity contribution >= 4 is 44.8 Å². The van der Waals surface area contributed by atoms with Crippen molar-refractivity contribution in [1.29, 1.82) is 0 Å². The molecule has 110 valence electrons. The summed E-state index contributed by atoms with van der Waals surface area (Å²) in [6, 6.07) is 14.8. The van der Waals surface area contributed by atoms with Crippen LogP contribution < -0.4 is 10.7 Å². The average molecular weight is 357 g/mol. The molecule has 0 unspecified atom stereocenters. The monoisotopic (exact) mass is 356 g/mol. The van der Waals surface area contributed by atoms with Crippen LogP contribution in [0.3, 0.4) is 0 Å². The highest BCUT2D eigenvalue weighted by Crippen LogP contribution is 2.16. The number of nitrogens with zero attached hydrogens (tertiary/aromatic N) is 1. The number of nitrogens with one attached hydrogen (secondary N) is 3. The molecule has 0 aliphatic rings. The summed E-state index contributed by atoms with van der Waals surface area (Å²) in [7, 11) is 0. The second-order valence-electron chi connectivity index (χ2n) is 4.62. The number of aromatic amines is 1. The predicted molar refractivity (Wildman–Crippen MR) is 92.2 cm³/mol. The number of para-hydroxylation sites is 1. The van der Waals surface area contributed by atoms with E-state index in [1.807, 2.05) is 42.6 Å². The summed E-state index contributed by atoms with van der Waals surface area (Å²) in [4.78, 5) is 14.9. The van der Waals surface area contributed by atoms with Gasteiger partial charge in [0.1, 0.15) is 0 Å². The molecule has 0 saturated heterocycles. The van der Waals surface area contributed by atoms with Crippen molar-refractivity contribution < 1.29 is 4.79 Å². The van der Waals surface area contributed by atoms with E-state index in [0.717, 1.165) is 20.9 Å². The lowest BCUT2D eigenvalue weighted by molar-refractivity contribution is 0.252. The lowest BCUT2D eigenvalue weighted by Crippen LogP contribution is -2.24. The molecule has 0 bridgehead atoms. The minimum Gasteiger partial charge on any atom is -0.361 e. The number of benzene rings is 2. The van der Waals surface area contributed by atoms with E-state index >= 15 is 0 Å². The molecule has 3 aromatic rings. The minimum atomic E-state index is -0.390. The zero-order valence-electron chi connectivity index (χ0n) is 11.5. The van der Waals surface area contributed by atoms with Gasteiger partial charge in [-0.3, -0.25) is 0 Å². The molecule has 5 nitrogen and oxygen atoms in total. The Morgan fingerprint density at radius 2 is 1.91 bits per heavy atom. The number of carbonyl (C=O) groups excluding carboxylic acids is 1. The van der Waals surface area contributed by atoms with E-state index in [-0.39, 0.29) is 0 Å². The van der Waals surface area contributed by atoms with Crippen molar-refractivity contribution in [3.05, 3.63) is 64.8 Å². The Morgan fingerprint density at radius 3 is 2.73 bits per heavy atom. The number of halogens is 1. The van der Waals surface area contributed by atoms with Gasteiger partial charge >= 0.3 is 6.03 Å². The number of fused-ring (bicyclic) bond motifs is 1. The largest absolute Gasteiger partial charge is 0.361 e. The quantitative estimate of drug-likeness (QED) is 0.480. The fourth-order valence-electron chi connectivity index (χ4n) is 2.05. The first-order valence-electron chi connectivity index (χ1n) is 6.64. The molecule has 6 heteroatoms. The fourth-order valence-corrected chi connectivity index (χ4v) is 2.32. The maximum Gasteiger partial charge on any atom is 0.339 e. The van der Waals surface area contributed by atoms with Gasteiger partial charge in [-0.2, -0.15) is 5.10 Å². The Balaban J connectivity index is 1.62. The summed E-state index contributed by atoms with van der Waals surface area (Å²) in [5.41, 5.74) is 5.09. The van der Waals surface area contributed by atoms with Crippen LogP contribution >= 0.6 is 15.9 Å². The summed E-state index contributed by atoms with van der Waals surface area (Å²) >= 11 is 3.34. The van der Waals surface area contributed by atoms with Crippen LogP contribution in [0.4, 0.5) is 10.5 Å². The van der Waals surface area contributed by atoms with Crippen LogP contribution in [0, 0.1) is 0 Å². The van der Waals surface area contributed by atoms with Crippen molar-refractivity contribution in [2.75, 3.05) is 5.32 Å². The molecule has 0 aliphatic carbocycles. The number of hydrogen-bond donors (Lipinski definition) is 3. The number of urea groups is 1. The van der Waals surface area contributed by atoms with Crippen molar-refractivity contribution in [2.45, 2.75) is 0 Å². The van der Waals surface area contributed by atoms with E-state index in [1.165, 1.54) is 0 Å². The first-order valence-corrected chi connectivity index (χ1v) is 7.43. The van der Waals surface area contributed by atoms with E-state index in [1.54, 1.807) is 18.3 Å².